The zero-order valence-corrected chi connectivity index (χ0v) is 9.26. The van der Waals surface area contributed by atoms with E-state index in [4.69, 9.17) is 0 Å². The lowest BCUT2D eigenvalue weighted by atomic mass is 10.1. The van der Waals surface area contributed by atoms with Crippen LogP contribution < -0.4 is 5.32 Å². The third kappa shape index (κ3) is 2.56. The molecule has 2 N–H and O–H groups in total. The Labute approximate surface area is 89.0 Å². The van der Waals surface area contributed by atoms with Crippen LogP contribution in [-0.4, -0.2) is 17.8 Å². The van der Waals surface area contributed by atoms with E-state index in [1.807, 2.05) is 0 Å². The Morgan fingerprint density at radius 2 is 2.43 bits per heavy atom. The molecule has 0 aliphatic heterocycles. The summed E-state index contributed by atoms with van der Waals surface area (Å²) >= 11 is 1.72. The van der Waals surface area contributed by atoms with Crippen LogP contribution in [0.15, 0.2) is 16.8 Å². The van der Waals surface area contributed by atoms with E-state index in [-0.39, 0.29) is 6.10 Å². The van der Waals surface area contributed by atoms with Crippen LogP contribution in [0.1, 0.15) is 31.4 Å². The molecular formula is C11H17NOS. The van der Waals surface area contributed by atoms with E-state index in [9.17, 15) is 5.11 Å². The second-order valence-electron chi connectivity index (χ2n) is 4.09. The van der Waals surface area contributed by atoms with E-state index in [1.54, 1.807) is 11.3 Å². The summed E-state index contributed by atoms with van der Waals surface area (Å²) in [6, 6.07) is 2.49. The number of nitrogens with one attached hydrogen (secondary N) is 1. The topological polar surface area (TPSA) is 32.3 Å². The molecule has 2 rings (SSSR count). The first kappa shape index (κ1) is 10.1. The van der Waals surface area contributed by atoms with Gasteiger partial charge >= 0.3 is 0 Å². The summed E-state index contributed by atoms with van der Waals surface area (Å²) in [6.45, 7) is 2.86. The summed E-state index contributed by atoms with van der Waals surface area (Å²) in [7, 11) is 0. The van der Waals surface area contributed by atoms with Crippen molar-refractivity contribution >= 4 is 11.3 Å². The Hall–Kier alpha value is -0.380. The van der Waals surface area contributed by atoms with E-state index < -0.39 is 0 Å². The summed E-state index contributed by atoms with van der Waals surface area (Å²) in [5, 5.41) is 17.3. The minimum absolute atomic E-state index is 0.143. The fourth-order valence-electron chi connectivity index (χ4n) is 1.58. The molecule has 2 unspecified atom stereocenters. The van der Waals surface area contributed by atoms with E-state index in [2.05, 4.69) is 29.1 Å². The minimum Gasteiger partial charge on any atom is -0.392 e. The van der Waals surface area contributed by atoms with Crippen molar-refractivity contribution in [3.8, 4) is 0 Å². The Morgan fingerprint density at radius 3 is 3.00 bits per heavy atom. The van der Waals surface area contributed by atoms with Gasteiger partial charge in [-0.05, 0) is 48.1 Å². The summed E-state index contributed by atoms with van der Waals surface area (Å²) < 4.78 is 0. The first-order valence-corrected chi connectivity index (χ1v) is 6.15. The number of aliphatic hydroxyl groups excluding tert-OH is 1. The summed E-state index contributed by atoms with van der Waals surface area (Å²) in [5.74, 6) is 0.567. The highest BCUT2D eigenvalue weighted by Crippen LogP contribution is 2.32. The molecule has 0 saturated heterocycles. The quantitative estimate of drug-likeness (QED) is 0.782. The molecule has 2 atom stereocenters. The van der Waals surface area contributed by atoms with E-state index in [0.717, 1.165) is 6.54 Å². The molecule has 0 bridgehead atoms. The van der Waals surface area contributed by atoms with Gasteiger partial charge in [-0.2, -0.15) is 11.3 Å². The van der Waals surface area contributed by atoms with Crippen LogP contribution >= 0.6 is 11.3 Å². The van der Waals surface area contributed by atoms with Crippen molar-refractivity contribution < 1.29 is 5.11 Å². The summed E-state index contributed by atoms with van der Waals surface area (Å²) in [6.07, 6.45) is 2.27. The maximum atomic E-state index is 9.68. The SMILES string of the molecule is CC(NCC(O)C1CC1)c1ccsc1. The van der Waals surface area contributed by atoms with Crippen LogP contribution in [-0.2, 0) is 0 Å². The summed E-state index contributed by atoms with van der Waals surface area (Å²) in [5.41, 5.74) is 1.32. The molecule has 1 aromatic heterocycles. The molecule has 1 heterocycles. The van der Waals surface area contributed by atoms with Gasteiger partial charge in [0, 0.05) is 12.6 Å². The van der Waals surface area contributed by atoms with Crippen LogP contribution in [0.25, 0.3) is 0 Å². The largest absolute Gasteiger partial charge is 0.392 e. The minimum atomic E-state index is -0.143. The predicted octanol–water partition coefficient (Wildman–Crippen LogP) is 2.17. The van der Waals surface area contributed by atoms with Crippen molar-refractivity contribution in [3.63, 3.8) is 0 Å². The van der Waals surface area contributed by atoms with E-state index >= 15 is 0 Å². The zero-order valence-electron chi connectivity index (χ0n) is 8.44. The molecule has 0 spiro atoms. The Morgan fingerprint density at radius 1 is 1.64 bits per heavy atom. The molecule has 0 radical (unpaired) electrons. The van der Waals surface area contributed by atoms with Crippen molar-refractivity contribution in [1.29, 1.82) is 0 Å². The molecule has 0 amide bonds. The van der Waals surface area contributed by atoms with Gasteiger partial charge < -0.3 is 10.4 Å². The van der Waals surface area contributed by atoms with Crippen LogP contribution in [0.5, 0.6) is 0 Å². The summed E-state index contributed by atoms with van der Waals surface area (Å²) in [4.78, 5) is 0. The molecule has 1 aliphatic carbocycles. The molecule has 0 aromatic carbocycles. The lowest BCUT2D eigenvalue weighted by molar-refractivity contribution is 0.145. The van der Waals surface area contributed by atoms with Crippen LogP contribution in [0, 0.1) is 5.92 Å². The lowest BCUT2D eigenvalue weighted by Crippen LogP contribution is -2.30. The van der Waals surface area contributed by atoms with Gasteiger partial charge in [-0.25, -0.2) is 0 Å². The van der Waals surface area contributed by atoms with Crippen molar-refractivity contribution in [2.45, 2.75) is 31.9 Å². The van der Waals surface area contributed by atoms with Crippen molar-refractivity contribution in [3.05, 3.63) is 22.4 Å². The van der Waals surface area contributed by atoms with Crippen molar-refractivity contribution in [1.82, 2.24) is 5.32 Å². The first-order valence-electron chi connectivity index (χ1n) is 5.21. The van der Waals surface area contributed by atoms with Crippen LogP contribution in [0.2, 0.25) is 0 Å². The monoisotopic (exact) mass is 211 g/mol. The molecule has 14 heavy (non-hydrogen) atoms. The Balaban J connectivity index is 1.74. The fourth-order valence-corrected chi connectivity index (χ4v) is 2.34. The normalized spacial score (nSPS) is 20.7. The smallest absolute Gasteiger partial charge is 0.0692 e. The molecule has 1 aromatic rings. The zero-order chi connectivity index (χ0) is 9.97. The number of thiophene rings is 1. The molecular weight excluding hydrogens is 194 g/mol. The molecule has 1 fully saturated rings. The third-order valence-corrected chi connectivity index (χ3v) is 3.54. The number of rotatable bonds is 5. The van der Waals surface area contributed by atoms with E-state index in [0.29, 0.717) is 12.0 Å². The first-order chi connectivity index (χ1) is 6.77. The van der Waals surface area contributed by atoms with Gasteiger partial charge in [-0.15, -0.1) is 0 Å². The second-order valence-corrected chi connectivity index (χ2v) is 4.87. The highest BCUT2D eigenvalue weighted by molar-refractivity contribution is 7.07. The molecule has 1 aliphatic rings. The van der Waals surface area contributed by atoms with Crippen molar-refractivity contribution in [2.75, 3.05) is 6.54 Å². The highest BCUT2D eigenvalue weighted by Gasteiger charge is 2.29. The van der Waals surface area contributed by atoms with Gasteiger partial charge in [0.05, 0.1) is 6.10 Å². The maximum absolute atomic E-state index is 9.68. The Bertz CT molecular complexity index is 269. The number of aliphatic hydroxyl groups is 1. The third-order valence-electron chi connectivity index (χ3n) is 2.84. The van der Waals surface area contributed by atoms with Crippen molar-refractivity contribution in [2.24, 2.45) is 5.92 Å². The lowest BCUT2D eigenvalue weighted by Gasteiger charge is -2.15. The number of hydrogen-bond donors (Lipinski definition) is 2. The molecule has 3 heteroatoms. The predicted molar refractivity (Wildman–Crippen MR) is 59.5 cm³/mol. The maximum Gasteiger partial charge on any atom is 0.0692 e. The van der Waals surface area contributed by atoms with Gasteiger partial charge in [0.15, 0.2) is 0 Å². The van der Waals surface area contributed by atoms with Crippen LogP contribution in [0.4, 0.5) is 0 Å². The average molecular weight is 211 g/mol. The van der Waals surface area contributed by atoms with Gasteiger partial charge in [-0.3, -0.25) is 0 Å². The van der Waals surface area contributed by atoms with Crippen LogP contribution in [0.3, 0.4) is 0 Å². The second kappa shape index (κ2) is 4.43. The van der Waals surface area contributed by atoms with Gasteiger partial charge in [0.2, 0.25) is 0 Å². The average Bonchev–Trinajstić information content (AvgIpc) is 2.90. The standard InChI is InChI=1S/C11H17NOS/c1-8(10-4-5-14-7-10)12-6-11(13)9-2-3-9/h4-5,7-9,11-13H,2-3,6H2,1H3. The Kier molecular flexibility index (Phi) is 3.21. The molecule has 2 nitrogen and oxygen atoms in total. The van der Waals surface area contributed by atoms with Gasteiger partial charge in [-0.1, -0.05) is 0 Å². The highest BCUT2D eigenvalue weighted by atomic mass is 32.1. The van der Waals surface area contributed by atoms with E-state index in [1.165, 1.54) is 18.4 Å². The molecule has 1 saturated carbocycles. The number of hydrogen-bond acceptors (Lipinski definition) is 3. The molecule has 78 valence electrons. The van der Waals surface area contributed by atoms with Gasteiger partial charge in [0.25, 0.3) is 0 Å². The fraction of sp³-hybridized carbons (Fsp3) is 0.636. The van der Waals surface area contributed by atoms with Gasteiger partial charge in [0.1, 0.15) is 0 Å².